The Morgan fingerprint density at radius 3 is 2.43 bits per heavy atom. The summed E-state index contributed by atoms with van der Waals surface area (Å²) >= 11 is 0. The molecule has 0 fully saturated rings. The summed E-state index contributed by atoms with van der Waals surface area (Å²) in [5, 5.41) is 9.85. The molecule has 0 spiro atoms. The predicted octanol–water partition coefficient (Wildman–Crippen LogP) is 3.00. The number of nitrogens with one attached hydrogen (secondary N) is 2. The first-order chi connectivity index (χ1) is 14.3. The van der Waals surface area contributed by atoms with Gasteiger partial charge in [0.25, 0.3) is 5.91 Å². The van der Waals surface area contributed by atoms with Crippen molar-refractivity contribution in [3.05, 3.63) is 77.7 Å². The molecule has 2 heterocycles. The van der Waals surface area contributed by atoms with Gasteiger partial charge in [-0.15, -0.1) is 0 Å². The zero-order valence-electron chi connectivity index (χ0n) is 17.6. The summed E-state index contributed by atoms with van der Waals surface area (Å²) in [5.74, 6) is 0.347. The Hall–Kier alpha value is -3.48. The SMILES string of the molecule is CC(C)(C)c1ccc(C(=O)NCCC(=O)NCc2cccnc2-n2cccn2)cc1. The number of nitrogens with zero attached hydrogens (tertiary/aromatic N) is 3. The molecule has 7 heteroatoms. The summed E-state index contributed by atoms with van der Waals surface area (Å²) in [7, 11) is 0. The van der Waals surface area contributed by atoms with Crippen molar-refractivity contribution in [3.8, 4) is 5.82 Å². The molecule has 3 aromatic rings. The quantitative estimate of drug-likeness (QED) is 0.632. The van der Waals surface area contributed by atoms with E-state index in [0.29, 0.717) is 17.9 Å². The molecule has 0 aliphatic rings. The van der Waals surface area contributed by atoms with Crippen LogP contribution in [-0.2, 0) is 16.8 Å². The van der Waals surface area contributed by atoms with Gasteiger partial charge in [0, 0.05) is 49.2 Å². The highest BCUT2D eigenvalue weighted by molar-refractivity contribution is 5.94. The van der Waals surface area contributed by atoms with Gasteiger partial charge in [-0.3, -0.25) is 9.59 Å². The Bertz CT molecular complexity index is 989. The van der Waals surface area contributed by atoms with E-state index in [1.165, 1.54) is 5.56 Å². The van der Waals surface area contributed by atoms with Crippen LogP contribution in [0.1, 0.15) is 48.7 Å². The third-order valence-electron chi connectivity index (χ3n) is 4.72. The number of pyridine rings is 1. The van der Waals surface area contributed by atoms with Crippen molar-refractivity contribution in [2.45, 2.75) is 39.2 Å². The van der Waals surface area contributed by atoms with E-state index in [-0.39, 0.29) is 30.2 Å². The number of hydrogen-bond donors (Lipinski definition) is 2. The summed E-state index contributed by atoms with van der Waals surface area (Å²) in [6, 6.07) is 13.1. The van der Waals surface area contributed by atoms with Gasteiger partial charge in [-0.2, -0.15) is 5.10 Å². The largest absolute Gasteiger partial charge is 0.352 e. The van der Waals surface area contributed by atoms with Gasteiger partial charge in [0.2, 0.25) is 5.91 Å². The number of rotatable bonds is 7. The Morgan fingerprint density at radius 2 is 1.77 bits per heavy atom. The van der Waals surface area contributed by atoms with Gasteiger partial charge >= 0.3 is 0 Å². The smallest absolute Gasteiger partial charge is 0.251 e. The molecule has 0 saturated heterocycles. The first-order valence-corrected chi connectivity index (χ1v) is 9.94. The molecular weight excluding hydrogens is 378 g/mol. The van der Waals surface area contributed by atoms with Gasteiger partial charge < -0.3 is 10.6 Å². The molecule has 30 heavy (non-hydrogen) atoms. The summed E-state index contributed by atoms with van der Waals surface area (Å²) in [5.41, 5.74) is 2.65. The van der Waals surface area contributed by atoms with E-state index >= 15 is 0 Å². The van der Waals surface area contributed by atoms with Crippen molar-refractivity contribution in [1.82, 2.24) is 25.4 Å². The number of carbonyl (C=O) groups excluding carboxylic acids is 2. The summed E-state index contributed by atoms with van der Waals surface area (Å²) in [4.78, 5) is 28.8. The zero-order chi connectivity index (χ0) is 21.6. The van der Waals surface area contributed by atoms with Crippen LogP contribution in [0, 0.1) is 0 Å². The number of amides is 2. The van der Waals surface area contributed by atoms with Crippen molar-refractivity contribution in [3.63, 3.8) is 0 Å². The van der Waals surface area contributed by atoms with Crippen LogP contribution in [0.4, 0.5) is 0 Å². The zero-order valence-corrected chi connectivity index (χ0v) is 17.6. The third kappa shape index (κ3) is 5.53. The maximum absolute atomic E-state index is 12.3. The summed E-state index contributed by atoms with van der Waals surface area (Å²) < 4.78 is 1.66. The highest BCUT2D eigenvalue weighted by atomic mass is 16.2. The standard InChI is InChI=1S/C23H27N5O2/c1-23(2,3)19-9-7-17(8-10-19)22(30)25-14-11-20(29)26-16-18-6-4-12-24-21(18)28-15-5-13-27-28/h4-10,12-13,15H,11,14,16H2,1-3H3,(H,25,30)(H,26,29). The molecule has 0 atom stereocenters. The van der Waals surface area contributed by atoms with E-state index in [1.807, 2.05) is 42.5 Å². The van der Waals surface area contributed by atoms with Crippen molar-refractivity contribution in [2.24, 2.45) is 0 Å². The lowest BCUT2D eigenvalue weighted by Gasteiger charge is -2.19. The molecule has 3 rings (SSSR count). The fourth-order valence-electron chi connectivity index (χ4n) is 2.96. The normalized spacial score (nSPS) is 11.2. The second-order valence-electron chi connectivity index (χ2n) is 8.05. The second kappa shape index (κ2) is 9.35. The van der Waals surface area contributed by atoms with Gasteiger partial charge in [-0.1, -0.05) is 39.0 Å². The van der Waals surface area contributed by atoms with Gasteiger partial charge in [0.05, 0.1) is 0 Å². The molecule has 0 unspecified atom stereocenters. The van der Waals surface area contributed by atoms with Gasteiger partial charge in [0.1, 0.15) is 0 Å². The first-order valence-electron chi connectivity index (χ1n) is 9.94. The Morgan fingerprint density at radius 1 is 1.00 bits per heavy atom. The molecule has 2 amide bonds. The lowest BCUT2D eigenvalue weighted by atomic mass is 9.87. The molecule has 156 valence electrons. The average molecular weight is 406 g/mol. The Labute approximate surface area is 176 Å². The van der Waals surface area contributed by atoms with Crippen molar-refractivity contribution in [1.29, 1.82) is 0 Å². The summed E-state index contributed by atoms with van der Waals surface area (Å²) in [6.07, 6.45) is 5.36. The molecule has 1 aromatic carbocycles. The lowest BCUT2D eigenvalue weighted by Crippen LogP contribution is -2.30. The van der Waals surface area contributed by atoms with Crippen molar-refractivity contribution in [2.75, 3.05) is 6.54 Å². The van der Waals surface area contributed by atoms with Crippen LogP contribution in [-0.4, -0.2) is 33.1 Å². The second-order valence-corrected chi connectivity index (χ2v) is 8.05. The molecule has 7 nitrogen and oxygen atoms in total. The van der Waals surface area contributed by atoms with Crippen LogP contribution in [0.5, 0.6) is 0 Å². The molecule has 0 aliphatic heterocycles. The monoisotopic (exact) mass is 405 g/mol. The molecule has 0 saturated carbocycles. The highest BCUT2D eigenvalue weighted by Crippen LogP contribution is 2.22. The number of hydrogen-bond acceptors (Lipinski definition) is 4. The van der Waals surface area contributed by atoms with Gasteiger partial charge in [-0.25, -0.2) is 9.67 Å². The van der Waals surface area contributed by atoms with E-state index in [0.717, 1.165) is 5.56 Å². The van der Waals surface area contributed by atoms with Gasteiger partial charge in [-0.05, 0) is 35.2 Å². The fraction of sp³-hybridized carbons (Fsp3) is 0.304. The minimum atomic E-state index is -0.184. The summed E-state index contributed by atoms with van der Waals surface area (Å²) in [6.45, 7) is 6.99. The number of aromatic nitrogens is 3. The van der Waals surface area contributed by atoms with E-state index in [4.69, 9.17) is 0 Å². The number of benzene rings is 1. The average Bonchev–Trinajstić information content (AvgIpc) is 3.26. The lowest BCUT2D eigenvalue weighted by molar-refractivity contribution is -0.121. The van der Waals surface area contributed by atoms with Gasteiger partial charge in [0.15, 0.2) is 5.82 Å². The predicted molar refractivity (Wildman–Crippen MR) is 115 cm³/mol. The first kappa shape index (κ1) is 21.2. The van der Waals surface area contributed by atoms with E-state index < -0.39 is 0 Å². The Balaban J connectivity index is 1.46. The minimum Gasteiger partial charge on any atom is -0.352 e. The molecule has 2 aromatic heterocycles. The van der Waals surface area contributed by atoms with Crippen LogP contribution >= 0.6 is 0 Å². The minimum absolute atomic E-state index is 0.0403. The third-order valence-corrected chi connectivity index (χ3v) is 4.72. The van der Waals surface area contributed by atoms with E-state index in [1.54, 1.807) is 23.3 Å². The number of carbonyl (C=O) groups is 2. The van der Waals surface area contributed by atoms with E-state index in [9.17, 15) is 9.59 Å². The van der Waals surface area contributed by atoms with Crippen LogP contribution < -0.4 is 10.6 Å². The maximum atomic E-state index is 12.3. The van der Waals surface area contributed by atoms with Crippen molar-refractivity contribution < 1.29 is 9.59 Å². The molecule has 0 aliphatic carbocycles. The molecule has 2 N–H and O–H groups in total. The molecule has 0 bridgehead atoms. The topological polar surface area (TPSA) is 88.9 Å². The van der Waals surface area contributed by atoms with Crippen molar-refractivity contribution >= 4 is 11.8 Å². The van der Waals surface area contributed by atoms with Crippen LogP contribution in [0.25, 0.3) is 5.82 Å². The van der Waals surface area contributed by atoms with Crippen LogP contribution in [0.3, 0.4) is 0 Å². The van der Waals surface area contributed by atoms with Crippen LogP contribution in [0.2, 0.25) is 0 Å². The van der Waals surface area contributed by atoms with E-state index in [2.05, 4.69) is 41.5 Å². The van der Waals surface area contributed by atoms with Crippen LogP contribution in [0.15, 0.2) is 61.1 Å². The fourth-order valence-corrected chi connectivity index (χ4v) is 2.96. The Kier molecular flexibility index (Phi) is 6.61. The molecule has 0 radical (unpaired) electrons. The highest BCUT2D eigenvalue weighted by Gasteiger charge is 2.14. The molecular formula is C23H27N5O2. The maximum Gasteiger partial charge on any atom is 0.251 e.